The van der Waals surface area contributed by atoms with E-state index in [0.717, 1.165) is 0 Å². The molecule has 0 saturated carbocycles. The fourth-order valence-electron chi connectivity index (χ4n) is 1.42. The Balaban J connectivity index is 2.06. The van der Waals surface area contributed by atoms with E-state index >= 15 is 0 Å². The summed E-state index contributed by atoms with van der Waals surface area (Å²) in [5, 5.41) is 12.5. The van der Waals surface area contributed by atoms with Crippen LogP contribution in [0.1, 0.15) is 11.3 Å². The number of carboxylic acid groups (broad SMARTS) is 1. The lowest BCUT2D eigenvalue weighted by Crippen LogP contribution is -2.04. The predicted octanol–water partition coefficient (Wildman–Crippen LogP) is 1.88. The molecule has 17 heavy (non-hydrogen) atoms. The second kappa shape index (κ2) is 5.16. The number of carbonyl (C=O) groups is 1. The van der Waals surface area contributed by atoms with E-state index in [0.29, 0.717) is 17.0 Å². The fourth-order valence-corrected chi connectivity index (χ4v) is 1.42. The number of aromatic nitrogens is 1. The van der Waals surface area contributed by atoms with Gasteiger partial charge in [-0.05, 0) is 6.07 Å². The van der Waals surface area contributed by atoms with Crippen LogP contribution in [0, 0.1) is 0 Å². The highest BCUT2D eigenvalue weighted by molar-refractivity contribution is 5.71. The maximum atomic E-state index is 10.7. The van der Waals surface area contributed by atoms with Crippen LogP contribution in [0.15, 0.2) is 41.1 Å². The zero-order valence-corrected chi connectivity index (χ0v) is 9.00. The molecule has 0 aliphatic heterocycles. The summed E-state index contributed by atoms with van der Waals surface area (Å²) in [5.74, 6) is -0.333. The first-order chi connectivity index (χ1) is 8.25. The summed E-state index contributed by atoms with van der Waals surface area (Å²) in [4.78, 5) is 10.7. The molecule has 88 valence electrons. The lowest BCUT2D eigenvalue weighted by atomic mass is 10.1. The van der Waals surface area contributed by atoms with Gasteiger partial charge in [0.05, 0.1) is 6.42 Å². The Kier molecular flexibility index (Phi) is 3.40. The Bertz CT molecular complexity index is 493. The molecule has 5 nitrogen and oxygen atoms in total. The van der Waals surface area contributed by atoms with Gasteiger partial charge in [0.15, 0.2) is 0 Å². The van der Waals surface area contributed by atoms with Gasteiger partial charge in [0.1, 0.15) is 24.3 Å². The first-order valence-corrected chi connectivity index (χ1v) is 5.07. The van der Waals surface area contributed by atoms with Crippen LogP contribution in [0.3, 0.4) is 0 Å². The summed E-state index contributed by atoms with van der Waals surface area (Å²) in [5.41, 5.74) is 1.30. The summed E-state index contributed by atoms with van der Waals surface area (Å²) in [6.07, 6.45) is 1.40. The van der Waals surface area contributed by atoms with Crippen molar-refractivity contribution in [2.75, 3.05) is 0 Å². The predicted molar refractivity (Wildman–Crippen MR) is 58.6 cm³/mol. The molecule has 5 heteroatoms. The topological polar surface area (TPSA) is 72.6 Å². The first kappa shape index (κ1) is 11.2. The Morgan fingerprint density at radius 2 is 2.18 bits per heavy atom. The summed E-state index contributed by atoms with van der Waals surface area (Å²) in [7, 11) is 0. The number of aliphatic carboxylic acids is 1. The molecular formula is C12H11NO4. The molecule has 0 fully saturated rings. The van der Waals surface area contributed by atoms with Gasteiger partial charge in [-0.15, -0.1) is 0 Å². The summed E-state index contributed by atoms with van der Waals surface area (Å²) in [6.45, 7) is 0.257. The van der Waals surface area contributed by atoms with E-state index in [2.05, 4.69) is 9.68 Å². The summed E-state index contributed by atoms with van der Waals surface area (Å²) >= 11 is 0. The van der Waals surface area contributed by atoms with Crippen molar-refractivity contribution in [3.8, 4) is 5.75 Å². The third-order valence-corrected chi connectivity index (χ3v) is 2.18. The molecule has 0 aliphatic carbocycles. The van der Waals surface area contributed by atoms with Gasteiger partial charge in [0, 0.05) is 11.6 Å². The van der Waals surface area contributed by atoms with E-state index in [1.54, 1.807) is 30.3 Å². The Hall–Kier alpha value is -2.30. The van der Waals surface area contributed by atoms with Crippen LogP contribution in [0.2, 0.25) is 0 Å². The second-order valence-electron chi connectivity index (χ2n) is 3.46. The minimum Gasteiger partial charge on any atom is -0.487 e. The van der Waals surface area contributed by atoms with Gasteiger partial charge in [-0.3, -0.25) is 4.79 Å². The highest BCUT2D eigenvalue weighted by atomic mass is 16.5. The number of nitrogens with zero attached hydrogens (tertiary/aromatic N) is 1. The Labute approximate surface area is 97.6 Å². The van der Waals surface area contributed by atoms with Crippen molar-refractivity contribution in [1.82, 2.24) is 5.16 Å². The smallest absolute Gasteiger partial charge is 0.307 e. The van der Waals surface area contributed by atoms with Gasteiger partial charge >= 0.3 is 5.97 Å². The molecule has 2 rings (SSSR count). The summed E-state index contributed by atoms with van der Waals surface area (Å²) in [6, 6.07) is 8.73. The summed E-state index contributed by atoms with van der Waals surface area (Å²) < 4.78 is 10.2. The highest BCUT2D eigenvalue weighted by Gasteiger charge is 2.07. The number of benzene rings is 1. The van der Waals surface area contributed by atoms with Crippen LogP contribution in [-0.2, 0) is 17.8 Å². The molecule has 1 N–H and O–H groups in total. The molecule has 0 radical (unpaired) electrons. The van der Waals surface area contributed by atoms with Crippen LogP contribution in [0.5, 0.6) is 5.75 Å². The maximum Gasteiger partial charge on any atom is 0.307 e. The molecule has 0 spiro atoms. The SMILES string of the molecule is O=C(O)Cc1ccccc1OCc1ccon1. The number of carboxylic acids is 1. The fraction of sp³-hybridized carbons (Fsp3) is 0.167. The van der Waals surface area contributed by atoms with Gasteiger partial charge < -0.3 is 14.4 Å². The largest absolute Gasteiger partial charge is 0.487 e. The monoisotopic (exact) mass is 233 g/mol. The normalized spacial score (nSPS) is 10.1. The van der Waals surface area contributed by atoms with Crippen molar-refractivity contribution in [3.63, 3.8) is 0 Å². The number of hydrogen-bond acceptors (Lipinski definition) is 4. The van der Waals surface area contributed by atoms with Crippen molar-refractivity contribution >= 4 is 5.97 Å². The molecule has 0 aliphatic rings. The van der Waals surface area contributed by atoms with E-state index < -0.39 is 5.97 Å². The average Bonchev–Trinajstić information content (AvgIpc) is 2.80. The quantitative estimate of drug-likeness (QED) is 0.853. The number of rotatable bonds is 5. The molecule has 1 aromatic carbocycles. The number of ether oxygens (including phenoxy) is 1. The Morgan fingerprint density at radius 3 is 2.88 bits per heavy atom. The molecule has 1 aromatic heterocycles. The average molecular weight is 233 g/mol. The molecule has 0 atom stereocenters. The molecule has 2 aromatic rings. The zero-order chi connectivity index (χ0) is 12.1. The van der Waals surface area contributed by atoms with E-state index in [1.165, 1.54) is 6.26 Å². The van der Waals surface area contributed by atoms with E-state index in [1.807, 2.05) is 0 Å². The molecule has 0 unspecified atom stereocenters. The standard InChI is InChI=1S/C12H11NO4/c14-12(15)7-9-3-1-2-4-11(9)16-8-10-5-6-17-13-10/h1-6H,7-8H2,(H,14,15). The van der Waals surface area contributed by atoms with Crippen molar-refractivity contribution in [1.29, 1.82) is 0 Å². The lowest BCUT2D eigenvalue weighted by Gasteiger charge is -2.08. The molecule has 0 amide bonds. The molecule has 1 heterocycles. The Morgan fingerprint density at radius 1 is 1.35 bits per heavy atom. The number of para-hydroxylation sites is 1. The van der Waals surface area contributed by atoms with Gasteiger partial charge in [-0.25, -0.2) is 0 Å². The number of hydrogen-bond donors (Lipinski definition) is 1. The van der Waals surface area contributed by atoms with Gasteiger partial charge in [-0.2, -0.15) is 0 Å². The van der Waals surface area contributed by atoms with Gasteiger partial charge in [0.2, 0.25) is 0 Å². The van der Waals surface area contributed by atoms with E-state index in [-0.39, 0.29) is 13.0 Å². The van der Waals surface area contributed by atoms with Crippen molar-refractivity contribution in [3.05, 3.63) is 47.9 Å². The third-order valence-electron chi connectivity index (χ3n) is 2.18. The van der Waals surface area contributed by atoms with Crippen molar-refractivity contribution < 1.29 is 19.2 Å². The van der Waals surface area contributed by atoms with Crippen LogP contribution in [0.4, 0.5) is 0 Å². The maximum absolute atomic E-state index is 10.7. The molecular weight excluding hydrogens is 222 g/mol. The minimum absolute atomic E-state index is 0.0605. The minimum atomic E-state index is -0.887. The van der Waals surface area contributed by atoms with E-state index in [9.17, 15) is 4.79 Å². The van der Waals surface area contributed by atoms with Gasteiger partial charge in [-0.1, -0.05) is 23.4 Å². The van der Waals surface area contributed by atoms with Crippen molar-refractivity contribution in [2.24, 2.45) is 0 Å². The van der Waals surface area contributed by atoms with Crippen LogP contribution >= 0.6 is 0 Å². The van der Waals surface area contributed by atoms with Crippen LogP contribution in [-0.4, -0.2) is 16.2 Å². The second-order valence-corrected chi connectivity index (χ2v) is 3.46. The third kappa shape index (κ3) is 3.07. The first-order valence-electron chi connectivity index (χ1n) is 5.07. The highest BCUT2D eigenvalue weighted by Crippen LogP contribution is 2.19. The van der Waals surface area contributed by atoms with Crippen molar-refractivity contribution in [2.45, 2.75) is 13.0 Å². The molecule has 0 saturated heterocycles. The van der Waals surface area contributed by atoms with Crippen LogP contribution < -0.4 is 4.74 Å². The van der Waals surface area contributed by atoms with E-state index in [4.69, 9.17) is 9.84 Å². The van der Waals surface area contributed by atoms with Crippen LogP contribution in [0.25, 0.3) is 0 Å². The molecule has 0 bridgehead atoms. The zero-order valence-electron chi connectivity index (χ0n) is 9.00. The van der Waals surface area contributed by atoms with Gasteiger partial charge in [0.25, 0.3) is 0 Å². The lowest BCUT2D eigenvalue weighted by molar-refractivity contribution is -0.136.